The fourth-order valence-electron chi connectivity index (χ4n) is 6.90. The summed E-state index contributed by atoms with van der Waals surface area (Å²) in [7, 11) is 0. The standard InChI is InChI=1S/C37H41F5/c1-3-5-6-10-23-13-15-24(16-14-23)11-7-8-12-25-17-18-26(22-31(25)38)30-21-29-20-28-19-27(9-4-2)34(39)36(41)32(28)33(29)37(42)35(30)40/h7,11,17-19,21-24H,3-6,8-10,12-16,20H2,1-2H3/b11-7+. The lowest BCUT2D eigenvalue weighted by Gasteiger charge is -2.26. The first-order valence-corrected chi connectivity index (χ1v) is 15.8. The van der Waals surface area contributed by atoms with Gasteiger partial charge >= 0.3 is 0 Å². The lowest BCUT2D eigenvalue weighted by molar-refractivity contribution is 0.289. The lowest BCUT2D eigenvalue weighted by atomic mass is 9.79. The van der Waals surface area contributed by atoms with E-state index in [9.17, 15) is 8.78 Å². The molecule has 2 aliphatic carbocycles. The number of benzene rings is 3. The first-order valence-electron chi connectivity index (χ1n) is 15.8. The van der Waals surface area contributed by atoms with Crippen molar-refractivity contribution in [1.82, 2.24) is 0 Å². The molecule has 0 aliphatic heterocycles. The van der Waals surface area contributed by atoms with E-state index in [1.807, 2.05) is 6.92 Å². The third-order valence-electron chi connectivity index (χ3n) is 9.26. The van der Waals surface area contributed by atoms with E-state index in [0.717, 1.165) is 12.3 Å². The predicted molar refractivity (Wildman–Crippen MR) is 161 cm³/mol. The zero-order valence-corrected chi connectivity index (χ0v) is 24.8. The lowest BCUT2D eigenvalue weighted by Crippen LogP contribution is -2.13. The van der Waals surface area contributed by atoms with E-state index in [4.69, 9.17) is 0 Å². The Balaban J connectivity index is 1.25. The highest BCUT2D eigenvalue weighted by atomic mass is 19.2. The van der Waals surface area contributed by atoms with Crippen LogP contribution in [0.3, 0.4) is 0 Å². The molecule has 0 spiro atoms. The van der Waals surface area contributed by atoms with Gasteiger partial charge in [0.15, 0.2) is 23.3 Å². The van der Waals surface area contributed by atoms with E-state index < -0.39 is 29.1 Å². The number of allylic oxidation sites excluding steroid dienone is 2. The van der Waals surface area contributed by atoms with Crippen LogP contribution >= 0.6 is 0 Å². The van der Waals surface area contributed by atoms with Crippen LogP contribution in [0.25, 0.3) is 22.3 Å². The quantitative estimate of drug-likeness (QED) is 0.0940. The molecule has 0 radical (unpaired) electrons. The van der Waals surface area contributed by atoms with Gasteiger partial charge in [-0.25, -0.2) is 22.0 Å². The Morgan fingerprint density at radius 2 is 1.43 bits per heavy atom. The topological polar surface area (TPSA) is 0 Å². The van der Waals surface area contributed by atoms with Crippen molar-refractivity contribution in [3.05, 3.63) is 93.8 Å². The number of hydrogen-bond donors (Lipinski definition) is 0. The van der Waals surface area contributed by atoms with Gasteiger partial charge in [0.2, 0.25) is 0 Å². The minimum atomic E-state index is -1.23. The average molecular weight is 581 g/mol. The van der Waals surface area contributed by atoms with Crippen molar-refractivity contribution in [3.8, 4) is 22.3 Å². The molecule has 5 heteroatoms. The van der Waals surface area contributed by atoms with E-state index in [1.165, 1.54) is 63.5 Å². The smallest absolute Gasteiger partial charge is 0.167 e. The van der Waals surface area contributed by atoms with Crippen molar-refractivity contribution < 1.29 is 22.0 Å². The van der Waals surface area contributed by atoms with Crippen molar-refractivity contribution >= 4 is 0 Å². The van der Waals surface area contributed by atoms with E-state index in [1.54, 1.807) is 18.2 Å². The summed E-state index contributed by atoms with van der Waals surface area (Å²) in [4.78, 5) is 0. The van der Waals surface area contributed by atoms with Crippen molar-refractivity contribution in [2.45, 2.75) is 97.3 Å². The van der Waals surface area contributed by atoms with E-state index in [0.29, 0.717) is 41.9 Å². The first-order chi connectivity index (χ1) is 20.3. The van der Waals surface area contributed by atoms with E-state index in [-0.39, 0.29) is 34.2 Å². The van der Waals surface area contributed by atoms with Crippen LogP contribution in [0.1, 0.15) is 100 Å². The van der Waals surface area contributed by atoms with Crippen LogP contribution in [-0.4, -0.2) is 0 Å². The maximum Gasteiger partial charge on any atom is 0.167 e. The molecule has 3 aromatic carbocycles. The molecule has 0 amide bonds. The zero-order valence-electron chi connectivity index (χ0n) is 24.8. The highest BCUT2D eigenvalue weighted by Crippen LogP contribution is 2.45. The molecule has 0 nitrogen and oxygen atoms in total. The summed E-state index contributed by atoms with van der Waals surface area (Å²) in [5, 5.41) is 0. The van der Waals surface area contributed by atoms with Crippen molar-refractivity contribution in [1.29, 1.82) is 0 Å². The molecular weight excluding hydrogens is 539 g/mol. The van der Waals surface area contributed by atoms with E-state index >= 15 is 13.2 Å². The van der Waals surface area contributed by atoms with Gasteiger partial charge in [-0.15, -0.1) is 0 Å². The minimum Gasteiger partial charge on any atom is -0.207 e. The molecule has 0 aromatic heterocycles. The van der Waals surface area contributed by atoms with Gasteiger partial charge < -0.3 is 0 Å². The third-order valence-corrected chi connectivity index (χ3v) is 9.26. The summed E-state index contributed by atoms with van der Waals surface area (Å²) in [6.07, 6.45) is 17.2. The molecule has 224 valence electrons. The molecule has 0 unspecified atom stereocenters. The summed E-state index contributed by atoms with van der Waals surface area (Å²) in [5.41, 5.74) is 1.27. The maximum atomic E-state index is 15.4. The Kier molecular flexibility index (Phi) is 9.85. The fraction of sp³-hybridized carbons (Fsp3) is 0.459. The number of aryl methyl sites for hydroxylation is 2. The molecule has 3 aromatic rings. The second-order valence-corrected chi connectivity index (χ2v) is 12.3. The number of halogens is 5. The number of rotatable bonds is 11. The average Bonchev–Trinajstić information content (AvgIpc) is 3.36. The molecule has 2 aliphatic rings. The SMILES string of the molecule is CCCCCC1CCC(/C=C/CCc2ccc(-c3cc4c(c(F)c3F)-c3c(cc(CCC)c(F)c3F)C4)cc2F)CC1. The fourth-order valence-corrected chi connectivity index (χ4v) is 6.90. The summed E-state index contributed by atoms with van der Waals surface area (Å²) in [6, 6.07) is 7.47. The number of unbranched alkanes of at least 4 members (excludes halogenated alkanes) is 2. The van der Waals surface area contributed by atoms with Crippen LogP contribution in [0.5, 0.6) is 0 Å². The first kappa shape index (κ1) is 30.5. The van der Waals surface area contributed by atoms with Crippen LogP contribution in [0.4, 0.5) is 22.0 Å². The van der Waals surface area contributed by atoms with E-state index in [2.05, 4.69) is 19.1 Å². The summed E-state index contributed by atoms with van der Waals surface area (Å²) in [6.45, 7) is 4.11. The molecule has 1 saturated carbocycles. The van der Waals surface area contributed by atoms with Crippen molar-refractivity contribution in [2.75, 3.05) is 0 Å². The van der Waals surface area contributed by atoms with Gasteiger partial charge in [-0.1, -0.05) is 76.3 Å². The Morgan fingerprint density at radius 1 is 0.714 bits per heavy atom. The molecule has 0 N–H and O–H groups in total. The molecule has 0 heterocycles. The molecule has 0 atom stereocenters. The molecule has 1 fully saturated rings. The highest BCUT2D eigenvalue weighted by molar-refractivity contribution is 5.82. The Labute approximate surface area is 247 Å². The highest BCUT2D eigenvalue weighted by Gasteiger charge is 2.32. The van der Waals surface area contributed by atoms with Gasteiger partial charge in [0, 0.05) is 16.7 Å². The Hall–Kier alpha value is -2.95. The third kappa shape index (κ3) is 6.35. The van der Waals surface area contributed by atoms with Crippen LogP contribution in [-0.2, 0) is 19.3 Å². The van der Waals surface area contributed by atoms with Crippen molar-refractivity contribution in [3.63, 3.8) is 0 Å². The van der Waals surface area contributed by atoms with Crippen molar-refractivity contribution in [2.24, 2.45) is 11.8 Å². The second-order valence-electron chi connectivity index (χ2n) is 12.3. The molecular formula is C37H41F5. The van der Waals surface area contributed by atoms with Gasteiger partial charge in [0.25, 0.3) is 0 Å². The summed E-state index contributed by atoms with van der Waals surface area (Å²) < 4.78 is 75.4. The van der Waals surface area contributed by atoms with Gasteiger partial charge in [0.1, 0.15) is 5.82 Å². The van der Waals surface area contributed by atoms with Gasteiger partial charge in [0.05, 0.1) is 0 Å². The van der Waals surface area contributed by atoms with Gasteiger partial charge in [-0.2, -0.15) is 0 Å². The summed E-state index contributed by atoms with van der Waals surface area (Å²) in [5.74, 6) is -3.55. The Morgan fingerprint density at radius 3 is 2.12 bits per heavy atom. The zero-order chi connectivity index (χ0) is 29.8. The second kappa shape index (κ2) is 13.6. The monoisotopic (exact) mass is 580 g/mol. The number of hydrogen-bond acceptors (Lipinski definition) is 0. The predicted octanol–water partition coefficient (Wildman–Crippen LogP) is 11.4. The molecule has 42 heavy (non-hydrogen) atoms. The van der Waals surface area contributed by atoms with Gasteiger partial charge in [-0.05, 0) is 103 Å². The minimum absolute atomic E-state index is 0.0793. The summed E-state index contributed by atoms with van der Waals surface area (Å²) >= 11 is 0. The van der Waals surface area contributed by atoms with Gasteiger partial charge in [-0.3, -0.25) is 0 Å². The van der Waals surface area contributed by atoms with Crippen LogP contribution < -0.4 is 0 Å². The van der Waals surface area contributed by atoms with Crippen LogP contribution in [0.15, 0.2) is 42.5 Å². The molecule has 0 bridgehead atoms. The van der Waals surface area contributed by atoms with Crippen LogP contribution in [0.2, 0.25) is 0 Å². The van der Waals surface area contributed by atoms with Crippen LogP contribution in [0, 0.1) is 40.9 Å². The molecule has 0 saturated heterocycles. The number of fused-ring (bicyclic) bond motifs is 3. The normalized spacial score (nSPS) is 18.1. The largest absolute Gasteiger partial charge is 0.207 e. The molecule has 5 rings (SSSR count). The Bertz CT molecular complexity index is 1450. The maximum absolute atomic E-state index is 15.4.